The number of nitrogens with one attached hydrogen (secondary N) is 2. The minimum Gasteiger partial charge on any atom is -0.446 e. The zero-order valence-electron chi connectivity index (χ0n) is 17.0. The van der Waals surface area contributed by atoms with E-state index in [2.05, 4.69) is 16.4 Å². The second-order valence-corrected chi connectivity index (χ2v) is 8.43. The third kappa shape index (κ3) is 3.89. The number of carbonyl (C=O) groups is 1. The van der Waals surface area contributed by atoms with Gasteiger partial charge in [-0.05, 0) is 64.7 Å². The molecule has 1 aliphatic carbocycles. The van der Waals surface area contributed by atoms with Crippen LogP contribution in [0.3, 0.4) is 0 Å². The molecule has 3 rings (SSSR count). The number of rotatable bonds is 2. The average molecular weight is 383 g/mol. The molecule has 0 aliphatic heterocycles. The van der Waals surface area contributed by atoms with E-state index >= 15 is 4.39 Å². The fraction of sp³-hybridized carbons (Fsp3) is 0.455. The van der Waals surface area contributed by atoms with E-state index in [1.807, 2.05) is 40.7 Å². The van der Waals surface area contributed by atoms with Crippen LogP contribution in [0, 0.1) is 31.0 Å². The fourth-order valence-corrected chi connectivity index (χ4v) is 3.69. The first kappa shape index (κ1) is 19.9. The molecular weight excluding hydrogens is 357 g/mol. The molecule has 148 valence electrons. The van der Waals surface area contributed by atoms with Crippen molar-refractivity contribution in [2.24, 2.45) is 0 Å². The van der Waals surface area contributed by atoms with Gasteiger partial charge in [-0.1, -0.05) is 6.08 Å². The first-order valence-corrected chi connectivity index (χ1v) is 9.50. The maximum atomic E-state index is 15.0. The molecule has 0 fully saturated rings. The van der Waals surface area contributed by atoms with Crippen molar-refractivity contribution in [3.05, 3.63) is 40.3 Å². The highest BCUT2D eigenvalue weighted by Gasteiger charge is 2.26. The van der Waals surface area contributed by atoms with Crippen LogP contribution in [0.5, 0.6) is 0 Å². The molecule has 5 nitrogen and oxygen atoms in total. The number of hydrogen-bond donors (Lipinski definition) is 2. The Labute approximate surface area is 164 Å². The minimum atomic E-state index is -0.460. The summed E-state index contributed by atoms with van der Waals surface area (Å²) in [6.45, 7) is 9.50. The number of benzene rings is 1. The van der Waals surface area contributed by atoms with Gasteiger partial charge in [-0.15, -0.1) is 0 Å². The second kappa shape index (κ2) is 7.31. The van der Waals surface area contributed by atoms with Crippen molar-refractivity contribution in [3.63, 3.8) is 0 Å². The Morgan fingerprint density at radius 2 is 2.11 bits per heavy atom. The van der Waals surface area contributed by atoms with Crippen LogP contribution in [-0.4, -0.2) is 22.7 Å². The number of aryl methyl sites for hydroxylation is 2. The van der Waals surface area contributed by atoms with E-state index in [1.165, 1.54) is 6.07 Å². The third-order valence-electron chi connectivity index (χ3n) is 5.05. The molecule has 6 heteroatoms. The van der Waals surface area contributed by atoms with Crippen LogP contribution in [0.15, 0.2) is 12.1 Å². The number of aromatic amines is 1. The Kier molecular flexibility index (Phi) is 5.20. The number of nitriles is 1. The lowest BCUT2D eigenvalue weighted by Gasteiger charge is -2.26. The molecule has 2 N–H and O–H groups in total. The predicted molar refractivity (Wildman–Crippen MR) is 107 cm³/mol. The SMILES string of the molecule is Cc1[nH]c2c(C#N)cc(F)c(C3=CCC[C@H](OC(=O)NC(C)(C)C)C3)c2c1C. The number of fused-ring (bicyclic) bond motifs is 1. The van der Waals surface area contributed by atoms with Crippen LogP contribution in [0.2, 0.25) is 0 Å². The summed E-state index contributed by atoms with van der Waals surface area (Å²) in [6, 6.07) is 3.35. The number of hydrogen-bond acceptors (Lipinski definition) is 3. The molecule has 0 unspecified atom stereocenters. The largest absolute Gasteiger partial charge is 0.446 e. The van der Waals surface area contributed by atoms with Gasteiger partial charge < -0.3 is 15.0 Å². The second-order valence-electron chi connectivity index (χ2n) is 8.43. The molecule has 0 saturated heterocycles. The van der Waals surface area contributed by atoms with E-state index in [1.54, 1.807) is 0 Å². The van der Waals surface area contributed by atoms with E-state index in [-0.39, 0.29) is 11.6 Å². The molecule has 1 atom stereocenters. The number of nitrogens with zero attached hydrogens (tertiary/aromatic N) is 1. The molecule has 0 spiro atoms. The summed E-state index contributed by atoms with van der Waals surface area (Å²) in [5.74, 6) is -0.419. The quantitative estimate of drug-likeness (QED) is 0.743. The monoisotopic (exact) mass is 383 g/mol. The van der Waals surface area contributed by atoms with E-state index in [4.69, 9.17) is 4.74 Å². The highest BCUT2D eigenvalue weighted by molar-refractivity contribution is 5.98. The highest BCUT2D eigenvalue weighted by Crippen LogP contribution is 2.38. The van der Waals surface area contributed by atoms with Crippen molar-refractivity contribution in [1.29, 1.82) is 5.26 Å². The van der Waals surface area contributed by atoms with Gasteiger partial charge in [0.25, 0.3) is 0 Å². The maximum Gasteiger partial charge on any atom is 0.407 e. The summed E-state index contributed by atoms with van der Waals surface area (Å²) in [4.78, 5) is 15.3. The summed E-state index contributed by atoms with van der Waals surface area (Å²) in [6.07, 6.45) is 3.08. The number of aromatic nitrogens is 1. The number of amides is 1. The third-order valence-corrected chi connectivity index (χ3v) is 5.05. The molecular formula is C22H26FN3O2. The van der Waals surface area contributed by atoms with E-state index < -0.39 is 11.9 Å². The smallest absolute Gasteiger partial charge is 0.407 e. The van der Waals surface area contributed by atoms with Gasteiger partial charge in [0.2, 0.25) is 0 Å². The predicted octanol–water partition coefficient (Wildman–Crippen LogP) is 5.26. The van der Waals surface area contributed by atoms with E-state index in [0.717, 1.165) is 22.2 Å². The van der Waals surface area contributed by atoms with Gasteiger partial charge in [0.15, 0.2) is 0 Å². The van der Waals surface area contributed by atoms with Crippen molar-refractivity contribution < 1.29 is 13.9 Å². The Hall–Kier alpha value is -2.81. The lowest BCUT2D eigenvalue weighted by molar-refractivity contribution is 0.0878. The van der Waals surface area contributed by atoms with Crippen LogP contribution in [-0.2, 0) is 4.74 Å². The van der Waals surface area contributed by atoms with Crippen LogP contribution in [0.4, 0.5) is 9.18 Å². The van der Waals surface area contributed by atoms with Gasteiger partial charge >= 0.3 is 6.09 Å². The van der Waals surface area contributed by atoms with E-state index in [0.29, 0.717) is 35.9 Å². The highest BCUT2D eigenvalue weighted by atomic mass is 19.1. The van der Waals surface area contributed by atoms with Crippen molar-refractivity contribution in [2.75, 3.05) is 0 Å². The Bertz CT molecular complexity index is 1010. The van der Waals surface area contributed by atoms with Crippen LogP contribution < -0.4 is 5.32 Å². The summed E-state index contributed by atoms with van der Waals surface area (Å²) in [5.41, 5.74) is 3.72. The lowest BCUT2D eigenvalue weighted by Crippen LogP contribution is -2.42. The van der Waals surface area contributed by atoms with Gasteiger partial charge in [0, 0.05) is 28.6 Å². The number of ether oxygens (including phenoxy) is 1. The van der Waals surface area contributed by atoms with Gasteiger partial charge in [-0.3, -0.25) is 0 Å². The molecule has 1 heterocycles. The van der Waals surface area contributed by atoms with Gasteiger partial charge in [-0.2, -0.15) is 5.26 Å². The molecule has 1 aliphatic rings. The van der Waals surface area contributed by atoms with Crippen molar-refractivity contribution in [1.82, 2.24) is 10.3 Å². The van der Waals surface area contributed by atoms with Crippen LogP contribution in [0.25, 0.3) is 16.5 Å². The molecule has 0 radical (unpaired) electrons. The zero-order valence-corrected chi connectivity index (χ0v) is 17.0. The normalized spacial score (nSPS) is 17.2. The number of allylic oxidation sites excluding steroid dienone is 1. The fourth-order valence-electron chi connectivity index (χ4n) is 3.69. The Morgan fingerprint density at radius 1 is 1.39 bits per heavy atom. The molecule has 0 saturated carbocycles. The maximum absolute atomic E-state index is 15.0. The molecule has 28 heavy (non-hydrogen) atoms. The summed E-state index contributed by atoms with van der Waals surface area (Å²) in [7, 11) is 0. The number of carbonyl (C=O) groups excluding carboxylic acids is 1. The molecule has 1 amide bonds. The molecule has 1 aromatic carbocycles. The first-order valence-electron chi connectivity index (χ1n) is 9.50. The summed E-state index contributed by atoms with van der Waals surface area (Å²) in [5, 5.41) is 12.9. The number of alkyl carbamates (subject to hydrolysis) is 1. The van der Waals surface area contributed by atoms with Crippen molar-refractivity contribution >= 4 is 22.6 Å². The van der Waals surface area contributed by atoms with Crippen molar-refractivity contribution in [2.45, 2.75) is 65.5 Å². The molecule has 2 aromatic rings. The van der Waals surface area contributed by atoms with Crippen LogP contribution in [0.1, 0.15) is 62.4 Å². The standard InChI is InChI=1S/C22H26FN3O2/c1-12-13(2)25-20-15(11-24)10-17(23)19(18(12)20)14-7-6-8-16(9-14)28-21(27)26-22(3,4)5/h7,10,16,25H,6,8-9H2,1-5H3,(H,26,27)/t16-/m0/s1. The number of H-pyrrole nitrogens is 1. The number of halogens is 1. The first-order chi connectivity index (χ1) is 13.1. The zero-order chi connectivity index (χ0) is 20.6. The van der Waals surface area contributed by atoms with Crippen molar-refractivity contribution in [3.8, 4) is 6.07 Å². The Morgan fingerprint density at radius 3 is 2.75 bits per heavy atom. The minimum absolute atomic E-state index is 0.293. The topological polar surface area (TPSA) is 77.9 Å². The molecule has 1 aromatic heterocycles. The molecule has 0 bridgehead atoms. The average Bonchev–Trinajstić information content (AvgIpc) is 2.88. The van der Waals surface area contributed by atoms with Crippen LogP contribution >= 0.6 is 0 Å². The van der Waals surface area contributed by atoms with Gasteiger partial charge in [-0.25, -0.2) is 9.18 Å². The summed E-state index contributed by atoms with van der Waals surface area (Å²) >= 11 is 0. The lowest BCUT2D eigenvalue weighted by atomic mass is 9.88. The van der Waals surface area contributed by atoms with Gasteiger partial charge in [0.05, 0.1) is 11.1 Å². The summed E-state index contributed by atoms with van der Waals surface area (Å²) < 4.78 is 20.6. The van der Waals surface area contributed by atoms with Gasteiger partial charge in [0.1, 0.15) is 18.0 Å². The Balaban J connectivity index is 1.95. The van der Waals surface area contributed by atoms with E-state index in [9.17, 15) is 10.1 Å².